The highest BCUT2D eigenvalue weighted by Crippen LogP contribution is 2.42. The van der Waals surface area contributed by atoms with Gasteiger partial charge in [0.15, 0.2) is 0 Å². The van der Waals surface area contributed by atoms with E-state index in [4.69, 9.17) is 6.42 Å². The lowest BCUT2D eigenvalue weighted by Crippen LogP contribution is -1.96. The van der Waals surface area contributed by atoms with Gasteiger partial charge in [-0.25, -0.2) is 0 Å². The summed E-state index contributed by atoms with van der Waals surface area (Å²) in [6, 6.07) is 8.84. The van der Waals surface area contributed by atoms with Crippen molar-refractivity contribution in [2.24, 2.45) is 5.92 Å². The summed E-state index contributed by atoms with van der Waals surface area (Å²) >= 11 is 0. The molecule has 1 saturated carbocycles. The fourth-order valence-electron chi connectivity index (χ4n) is 2.05. The van der Waals surface area contributed by atoms with Gasteiger partial charge in [-0.1, -0.05) is 37.1 Å². The normalized spacial score (nSPS) is 19.3. The summed E-state index contributed by atoms with van der Waals surface area (Å²) in [5, 5.41) is 0. The van der Waals surface area contributed by atoms with Crippen molar-refractivity contribution in [2.45, 2.75) is 38.5 Å². The van der Waals surface area contributed by atoms with Gasteiger partial charge in [-0.05, 0) is 42.7 Å². The van der Waals surface area contributed by atoms with Crippen LogP contribution in [0.4, 0.5) is 0 Å². The Bertz CT molecular complexity index is 362. The fourth-order valence-corrected chi connectivity index (χ4v) is 2.05. The topological polar surface area (TPSA) is 0 Å². The standard InChI is InChI=1S/C15H18/c1-4-11(2)13-5-7-14(8-6-13)12(3)15-9-10-15/h1,5-8,11-12,15H,9-10H2,2-3H3. The van der Waals surface area contributed by atoms with Gasteiger partial charge in [0.25, 0.3) is 0 Å². The first-order valence-corrected chi connectivity index (χ1v) is 5.78. The summed E-state index contributed by atoms with van der Waals surface area (Å²) in [5.74, 6) is 4.65. The average molecular weight is 198 g/mol. The highest BCUT2D eigenvalue weighted by Gasteiger charge is 2.28. The summed E-state index contributed by atoms with van der Waals surface area (Å²) in [6.45, 7) is 4.40. The summed E-state index contributed by atoms with van der Waals surface area (Å²) < 4.78 is 0. The van der Waals surface area contributed by atoms with E-state index in [0.717, 1.165) is 11.8 Å². The molecule has 78 valence electrons. The molecule has 2 rings (SSSR count). The molecule has 0 spiro atoms. The minimum absolute atomic E-state index is 0.232. The molecule has 0 nitrogen and oxygen atoms in total. The SMILES string of the molecule is C#CC(C)c1ccc(C(C)C2CC2)cc1. The second-order valence-electron chi connectivity index (χ2n) is 4.68. The summed E-state index contributed by atoms with van der Waals surface area (Å²) in [6.07, 6.45) is 8.22. The third-order valence-corrected chi connectivity index (χ3v) is 3.54. The molecule has 0 heteroatoms. The van der Waals surface area contributed by atoms with Gasteiger partial charge in [0, 0.05) is 5.92 Å². The second kappa shape index (κ2) is 4.11. The summed E-state index contributed by atoms with van der Waals surface area (Å²) in [5.41, 5.74) is 2.72. The fraction of sp³-hybridized carbons (Fsp3) is 0.467. The minimum Gasteiger partial charge on any atom is -0.119 e. The third-order valence-electron chi connectivity index (χ3n) is 3.54. The molecule has 2 atom stereocenters. The van der Waals surface area contributed by atoms with Crippen LogP contribution in [0.5, 0.6) is 0 Å². The Balaban J connectivity index is 2.13. The smallest absolute Gasteiger partial charge is 0.0421 e. The van der Waals surface area contributed by atoms with Gasteiger partial charge >= 0.3 is 0 Å². The zero-order chi connectivity index (χ0) is 10.8. The lowest BCUT2D eigenvalue weighted by atomic mass is 9.93. The van der Waals surface area contributed by atoms with Crippen LogP contribution in [-0.2, 0) is 0 Å². The Morgan fingerprint density at radius 1 is 1.13 bits per heavy atom. The predicted octanol–water partition coefficient (Wildman–Crippen LogP) is 3.94. The summed E-state index contributed by atoms with van der Waals surface area (Å²) in [7, 11) is 0. The zero-order valence-corrected chi connectivity index (χ0v) is 9.53. The lowest BCUT2D eigenvalue weighted by Gasteiger charge is -2.12. The van der Waals surface area contributed by atoms with Gasteiger partial charge in [-0.15, -0.1) is 6.42 Å². The number of benzene rings is 1. The molecular weight excluding hydrogens is 180 g/mol. The third kappa shape index (κ3) is 2.23. The largest absolute Gasteiger partial charge is 0.119 e. The van der Waals surface area contributed by atoms with Crippen molar-refractivity contribution in [3.05, 3.63) is 35.4 Å². The Morgan fingerprint density at radius 3 is 2.13 bits per heavy atom. The molecule has 0 saturated heterocycles. The van der Waals surface area contributed by atoms with E-state index in [1.165, 1.54) is 24.0 Å². The van der Waals surface area contributed by atoms with E-state index < -0.39 is 0 Å². The summed E-state index contributed by atoms with van der Waals surface area (Å²) in [4.78, 5) is 0. The van der Waals surface area contributed by atoms with E-state index in [-0.39, 0.29) is 5.92 Å². The molecule has 0 amide bonds. The molecule has 1 aromatic rings. The Labute approximate surface area is 92.7 Å². The monoisotopic (exact) mass is 198 g/mol. The molecule has 0 heterocycles. The molecule has 1 fully saturated rings. The highest BCUT2D eigenvalue weighted by atomic mass is 14.3. The number of rotatable bonds is 3. The van der Waals surface area contributed by atoms with Crippen molar-refractivity contribution >= 4 is 0 Å². The van der Waals surface area contributed by atoms with Crippen LogP contribution in [0.25, 0.3) is 0 Å². The Kier molecular flexibility index (Phi) is 2.82. The van der Waals surface area contributed by atoms with Crippen molar-refractivity contribution in [1.29, 1.82) is 0 Å². The van der Waals surface area contributed by atoms with E-state index >= 15 is 0 Å². The maximum atomic E-state index is 5.41. The van der Waals surface area contributed by atoms with Gasteiger partial charge in [-0.3, -0.25) is 0 Å². The minimum atomic E-state index is 0.232. The Morgan fingerprint density at radius 2 is 1.67 bits per heavy atom. The highest BCUT2D eigenvalue weighted by molar-refractivity contribution is 5.31. The average Bonchev–Trinajstić information content (AvgIpc) is 3.11. The van der Waals surface area contributed by atoms with Gasteiger partial charge in [0.05, 0.1) is 0 Å². The number of terminal acetylenes is 1. The molecule has 0 N–H and O–H groups in total. The predicted molar refractivity (Wildman–Crippen MR) is 64.8 cm³/mol. The molecule has 1 aliphatic rings. The van der Waals surface area contributed by atoms with Crippen molar-refractivity contribution in [3.63, 3.8) is 0 Å². The number of hydrogen-bond donors (Lipinski definition) is 0. The molecule has 0 bridgehead atoms. The van der Waals surface area contributed by atoms with Crippen molar-refractivity contribution in [3.8, 4) is 12.3 Å². The van der Waals surface area contributed by atoms with Crippen LogP contribution in [-0.4, -0.2) is 0 Å². The first kappa shape index (κ1) is 10.3. The van der Waals surface area contributed by atoms with Crippen molar-refractivity contribution < 1.29 is 0 Å². The molecule has 15 heavy (non-hydrogen) atoms. The van der Waals surface area contributed by atoms with Crippen LogP contribution in [0, 0.1) is 18.3 Å². The lowest BCUT2D eigenvalue weighted by molar-refractivity contribution is 0.663. The second-order valence-corrected chi connectivity index (χ2v) is 4.68. The quantitative estimate of drug-likeness (QED) is 0.645. The van der Waals surface area contributed by atoms with Gasteiger partial charge in [0.2, 0.25) is 0 Å². The van der Waals surface area contributed by atoms with Crippen LogP contribution in [0.3, 0.4) is 0 Å². The van der Waals surface area contributed by atoms with E-state index in [1.807, 2.05) is 0 Å². The molecule has 0 aromatic heterocycles. The van der Waals surface area contributed by atoms with Crippen molar-refractivity contribution in [1.82, 2.24) is 0 Å². The zero-order valence-electron chi connectivity index (χ0n) is 9.53. The first-order chi connectivity index (χ1) is 7.22. The van der Waals surface area contributed by atoms with Gasteiger partial charge in [0.1, 0.15) is 0 Å². The molecular formula is C15H18. The Hall–Kier alpha value is -1.22. The van der Waals surface area contributed by atoms with E-state index in [9.17, 15) is 0 Å². The van der Waals surface area contributed by atoms with Gasteiger partial charge in [-0.2, -0.15) is 0 Å². The maximum Gasteiger partial charge on any atom is 0.0421 e. The van der Waals surface area contributed by atoms with Crippen LogP contribution in [0.1, 0.15) is 49.7 Å². The maximum absolute atomic E-state index is 5.41. The van der Waals surface area contributed by atoms with E-state index in [2.05, 4.69) is 44.0 Å². The van der Waals surface area contributed by atoms with Crippen LogP contribution < -0.4 is 0 Å². The molecule has 1 aliphatic carbocycles. The molecule has 0 radical (unpaired) electrons. The van der Waals surface area contributed by atoms with Gasteiger partial charge < -0.3 is 0 Å². The van der Waals surface area contributed by atoms with E-state index in [0.29, 0.717) is 0 Å². The number of hydrogen-bond acceptors (Lipinski definition) is 0. The van der Waals surface area contributed by atoms with E-state index in [1.54, 1.807) is 0 Å². The van der Waals surface area contributed by atoms with Crippen LogP contribution in [0.15, 0.2) is 24.3 Å². The molecule has 2 unspecified atom stereocenters. The van der Waals surface area contributed by atoms with Crippen LogP contribution in [0.2, 0.25) is 0 Å². The molecule has 0 aliphatic heterocycles. The van der Waals surface area contributed by atoms with Crippen molar-refractivity contribution in [2.75, 3.05) is 0 Å². The molecule has 1 aromatic carbocycles. The van der Waals surface area contributed by atoms with Crippen LogP contribution >= 0.6 is 0 Å². The first-order valence-electron chi connectivity index (χ1n) is 5.78.